The van der Waals surface area contributed by atoms with Crippen LogP contribution in [0.3, 0.4) is 0 Å². The van der Waals surface area contributed by atoms with Gasteiger partial charge in [0.15, 0.2) is 0 Å². The molecule has 2 saturated carbocycles. The lowest BCUT2D eigenvalue weighted by molar-refractivity contribution is -0.0563. The molecule has 1 nitrogen and oxygen atoms in total. The van der Waals surface area contributed by atoms with E-state index in [0.29, 0.717) is 17.8 Å². The molecule has 0 aromatic carbocycles. The lowest BCUT2D eigenvalue weighted by Gasteiger charge is -2.31. The predicted octanol–water partition coefficient (Wildman–Crippen LogP) is 4.23. The second-order valence-electron chi connectivity index (χ2n) is 7.05. The van der Waals surface area contributed by atoms with Crippen LogP contribution in [0.5, 0.6) is 0 Å². The van der Waals surface area contributed by atoms with Crippen molar-refractivity contribution in [1.82, 2.24) is 5.32 Å². The monoisotopic (exact) mass is 259 g/mol. The topological polar surface area (TPSA) is 12.0 Å². The summed E-state index contributed by atoms with van der Waals surface area (Å²) in [6.45, 7) is 6.48. The zero-order valence-corrected chi connectivity index (χ0v) is 11.8. The van der Waals surface area contributed by atoms with Crippen LogP contribution in [-0.4, -0.2) is 19.0 Å². The second-order valence-corrected chi connectivity index (χ2v) is 7.05. The maximum Gasteiger partial charge on any atom is 0.248 e. The van der Waals surface area contributed by atoms with Crippen molar-refractivity contribution in [3.63, 3.8) is 0 Å². The third-order valence-corrected chi connectivity index (χ3v) is 4.47. The number of hydrogen-bond donors (Lipinski definition) is 1. The van der Waals surface area contributed by atoms with Crippen LogP contribution in [0.15, 0.2) is 0 Å². The Bertz CT molecular complexity index is 272. The van der Waals surface area contributed by atoms with E-state index in [1.54, 1.807) is 0 Å². The molecule has 2 aliphatic rings. The molecule has 18 heavy (non-hydrogen) atoms. The van der Waals surface area contributed by atoms with Gasteiger partial charge in [-0.1, -0.05) is 13.8 Å². The van der Waals surface area contributed by atoms with Gasteiger partial charge in [0.1, 0.15) is 0 Å². The standard InChI is InChI=1S/C15H27F2N/c1-12(2)10-18-11-14(6-7-14)8-13-4-3-5-15(16,17)9-13/h12-13,18H,3-11H2,1-2H3. The lowest BCUT2D eigenvalue weighted by atomic mass is 9.79. The van der Waals surface area contributed by atoms with Gasteiger partial charge in [-0.2, -0.15) is 0 Å². The molecule has 1 N–H and O–H groups in total. The predicted molar refractivity (Wildman–Crippen MR) is 70.9 cm³/mol. The normalized spacial score (nSPS) is 29.5. The first-order valence-electron chi connectivity index (χ1n) is 7.49. The van der Waals surface area contributed by atoms with Gasteiger partial charge in [-0.25, -0.2) is 8.78 Å². The molecule has 0 aromatic heterocycles. The first-order valence-corrected chi connectivity index (χ1v) is 7.49. The molecular weight excluding hydrogens is 232 g/mol. The number of halogens is 2. The third-order valence-electron chi connectivity index (χ3n) is 4.47. The Balaban J connectivity index is 1.74. The molecule has 3 heteroatoms. The van der Waals surface area contributed by atoms with Gasteiger partial charge in [0.05, 0.1) is 0 Å². The fourth-order valence-electron chi connectivity index (χ4n) is 3.32. The summed E-state index contributed by atoms with van der Waals surface area (Å²) < 4.78 is 26.8. The SMILES string of the molecule is CC(C)CNCC1(CC2CCCC(F)(F)C2)CC1. The highest BCUT2D eigenvalue weighted by molar-refractivity contribution is 4.97. The molecular formula is C15H27F2N. The molecule has 0 saturated heterocycles. The minimum Gasteiger partial charge on any atom is -0.316 e. The average Bonchev–Trinajstić information content (AvgIpc) is 2.95. The van der Waals surface area contributed by atoms with Crippen molar-refractivity contribution in [1.29, 1.82) is 0 Å². The molecule has 2 fully saturated rings. The summed E-state index contributed by atoms with van der Waals surface area (Å²) in [7, 11) is 0. The Hall–Kier alpha value is -0.180. The molecule has 0 bridgehead atoms. The van der Waals surface area contributed by atoms with Crippen LogP contribution >= 0.6 is 0 Å². The van der Waals surface area contributed by atoms with Gasteiger partial charge in [0.2, 0.25) is 5.92 Å². The summed E-state index contributed by atoms with van der Waals surface area (Å²) in [4.78, 5) is 0. The molecule has 0 aliphatic heterocycles. The van der Waals surface area contributed by atoms with Gasteiger partial charge in [0, 0.05) is 19.4 Å². The van der Waals surface area contributed by atoms with E-state index in [9.17, 15) is 8.78 Å². The van der Waals surface area contributed by atoms with Crippen molar-refractivity contribution < 1.29 is 8.78 Å². The summed E-state index contributed by atoms with van der Waals surface area (Å²) in [6.07, 6.45) is 5.48. The summed E-state index contributed by atoms with van der Waals surface area (Å²) >= 11 is 0. The Kier molecular flexibility index (Phi) is 4.30. The van der Waals surface area contributed by atoms with Gasteiger partial charge in [0.25, 0.3) is 0 Å². The highest BCUT2D eigenvalue weighted by Crippen LogP contribution is 2.53. The molecule has 0 spiro atoms. The van der Waals surface area contributed by atoms with E-state index < -0.39 is 5.92 Å². The van der Waals surface area contributed by atoms with Gasteiger partial charge in [-0.05, 0) is 55.9 Å². The van der Waals surface area contributed by atoms with Crippen molar-refractivity contribution in [2.45, 2.75) is 64.7 Å². The van der Waals surface area contributed by atoms with Crippen LogP contribution in [0, 0.1) is 17.3 Å². The summed E-state index contributed by atoms with van der Waals surface area (Å²) in [6, 6.07) is 0. The molecule has 0 amide bonds. The molecule has 0 heterocycles. The van der Waals surface area contributed by atoms with E-state index in [-0.39, 0.29) is 18.8 Å². The minimum absolute atomic E-state index is 0.113. The number of nitrogens with one attached hydrogen (secondary N) is 1. The van der Waals surface area contributed by atoms with Gasteiger partial charge in [-0.3, -0.25) is 0 Å². The Morgan fingerprint density at radius 3 is 2.50 bits per heavy atom. The number of rotatable bonds is 6. The van der Waals surface area contributed by atoms with Crippen LogP contribution < -0.4 is 5.32 Å². The van der Waals surface area contributed by atoms with E-state index in [0.717, 1.165) is 25.9 Å². The first-order chi connectivity index (χ1) is 8.41. The van der Waals surface area contributed by atoms with E-state index in [4.69, 9.17) is 0 Å². The van der Waals surface area contributed by atoms with Crippen LogP contribution in [0.1, 0.15) is 58.8 Å². The van der Waals surface area contributed by atoms with Crippen molar-refractivity contribution in [3.8, 4) is 0 Å². The highest BCUT2D eigenvalue weighted by Gasteiger charge is 2.46. The first kappa shape index (κ1) is 14.2. The molecule has 1 atom stereocenters. The van der Waals surface area contributed by atoms with E-state index in [1.165, 1.54) is 12.8 Å². The Morgan fingerprint density at radius 1 is 1.22 bits per heavy atom. The van der Waals surface area contributed by atoms with Crippen molar-refractivity contribution in [3.05, 3.63) is 0 Å². The molecule has 0 radical (unpaired) electrons. The summed E-state index contributed by atoms with van der Waals surface area (Å²) in [5.41, 5.74) is 0.368. The van der Waals surface area contributed by atoms with E-state index in [1.807, 2.05) is 0 Å². The molecule has 2 rings (SSSR count). The largest absolute Gasteiger partial charge is 0.316 e. The maximum atomic E-state index is 13.4. The van der Waals surface area contributed by atoms with Gasteiger partial charge >= 0.3 is 0 Å². The highest BCUT2D eigenvalue weighted by atomic mass is 19.3. The van der Waals surface area contributed by atoms with Gasteiger partial charge in [-0.15, -0.1) is 0 Å². The maximum absolute atomic E-state index is 13.4. The summed E-state index contributed by atoms with van der Waals surface area (Å²) in [5, 5.41) is 3.51. The van der Waals surface area contributed by atoms with E-state index >= 15 is 0 Å². The third kappa shape index (κ3) is 4.18. The van der Waals surface area contributed by atoms with Gasteiger partial charge < -0.3 is 5.32 Å². The molecule has 1 unspecified atom stereocenters. The van der Waals surface area contributed by atoms with Crippen molar-refractivity contribution in [2.24, 2.45) is 17.3 Å². The van der Waals surface area contributed by atoms with Crippen molar-refractivity contribution in [2.75, 3.05) is 13.1 Å². The van der Waals surface area contributed by atoms with E-state index in [2.05, 4.69) is 19.2 Å². The van der Waals surface area contributed by atoms with Crippen LogP contribution in [0.25, 0.3) is 0 Å². The quantitative estimate of drug-likeness (QED) is 0.752. The number of alkyl halides is 2. The lowest BCUT2D eigenvalue weighted by Crippen LogP contribution is -2.32. The Labute approximate surface area is 110 Å². The second kappa shape index (κ2) is 5.44. The average molecular weight is 259 g/mol. The molecule has 2 aliphatic carbocycles. The van der Waals surface area contributed by atoms with Crippen molar-refractivity contribution >= 4 is 0 Å². The Morgan fingerprint density at radius 2 is 1.94 bits per heavy atom. The smallest absolute Gasteiger partial charge is 0.248 e. The molecule has 0 aromatic rings. The summed E-state index contributed by atoms with van der Waals surface area (Å²) in [5.74, 6) is -1.46. The molecule has 106 valence electrons. The van der Waals surface area contributed by atoms with Crippen LogP contribution in [0.2, 0.25) is 0 Å². The zero-order chi connectivity index (χ0) is 13.2. The van der Waals surface area contributed by atoms with Crippen LogP contribution in [-0.2, 0) is 0 Å². The fourth-order valence-corrected chi connectivity index (χ4v) is 3.32. The fraction of sp³-hybridized carbons (Fsp3) is 1.00. The number of hydrogen-bond acceptors (Lipinski definition) is 1. The minimum atomic E-state index is -2.38. The van der Waals surface area contributed by atoms with Crippen LogP contribution in [0.4, 0.5) is 8.78 Å². The zero-order valence-electron chi connectivity index (χ0n) is 11.8.